The summed E-state index contributed by atoms with van der Waals surface area (Å²) >= 11 is 1.41. The fourth-order valence-electron chi connectivity index (χ4n) is 3.61. The second-order valence-corrected chi connectivity index (χ2v) is 9.03. The lowest BCUT2D eigenvalue weighted by molar-refractivity contribution is 0.103. The lowest BCUT2D eigenvalue weighted by atomic mass is 9.99. The fraction of sp³-hybridized carbons (Fsp3) is 0.192. The maximum atomic E-state index is 15.0. The van der Waals surface area contributed by atoms with Gasteiger partial charge in [0.25, 0.3) is 5.91 Å². The Kier molecular flexibility index (Phi) is 6.42. The molecule has 4 nitrogen and oxygen atoms in total. The topological polar surface area (TPSA) is 44.4 Å². The van der Waals surface area contributed by atoms with Gasteiger partial charge in [-0.3, -0.25) is 4.79 Å². The Labute approximate surface area is 192 Å². The molecule has 4 rings (SSSR count). The molecule has 2 aromatic carbocycles. The van der Waals surface area contributed by atoms with Gasteiger partial charge in [-0.15, -0.1) is 11.3 Å². The van der Waals surface area contributed by atoms with Crippen molar-refractivity contribution in [2.75, 3.05) is 22.1 Å². The molecule has 0 bridgehead atoms. The molecular weight excluding hydrogens is 421 g/mol. The number of carbonyl (C=O) groups is 1. The number of fused-ring (bicyclic) bond motifs is 1. The molecule has 2 heterocycles. The van der Waals surface area contributed by atoms with Crippen molar-refractivity contribution in [3.8, 4) is 0 Å². The zero-order valence-electron chi connectivity index (χ0n) is 18.2. The van der Waals surface area contributed by atoms with Crippen molar-refractivity contribution in [3.63, 3.8) is 0 Å². The van der Waals surface area contributed by atoms with Gasteiger partial charge in [-0.1, -0.05) is 26.0 Å². The fourth-order valence-corrected chi connectivity index (χ4v) is 4.38. The van der Waals surface area contributed by atoms with E-state index in [0.29, 0.717) is 21.9 Å². The molecule has 6 heteroatoms. The number of nitrogens with one attached hydrogen (secondary N) is 2. The molecule has 0 unspecified atom stereocenters. The van der Waals surface area contributed by atoms with Crippen molar-refractivity contribution < 1.29 is 9.18 Å². The zero-order valence-corrected chi connectivity index (χ0v) is 19.1. The van der Waals surface area contributed by atoms with Crippen molar-refractivity contribution >= 4 is 46.1 Å². The van der Waals surface area contributed by atoms with Crippen LogP contribution in [0.25, 0.3) is 11.8 Å². The van der Waals surface area contributed by atoms with E-state index in [1.165, 1.54) is 17.4 Å². The highest BCUT2D eigenvalue weighted by Gasteiger charge is 2.20. The summed E-state index contributed by atoms with van der Waals surface area (Å²) in [7, 11) is 0. The number of hydrogen-bond donors (Lipinski definition) is 2. The maximum absolute atomic E-state index is 15.0. The summed E-state index contributed by atoms with van der Waals surface area (Å²) < 4.78 is 15.0. The number of carbonyl (C=O) groups excluding carboxylic acids is 1. The van der Waals surface area contributed by atoms with Gasteiger partial charge in [-0.25, -0.2) is 4.39 Å². The highest BCUT2D eigenvalue weighted by Crippen LogP contribution is 2.35. The number of benzene rings is 2. The Bertz CT molecular complexity index is 1200. The molecule has 0 saturated heterocycles. The average Bonchev–Trinajstić information content (AvgIpc) is 3.21. The Morgan fingerprint density at radius 3 is 2.66 bits per heavy atom. The molecule has 0 aliphatic carbocycles. The van der Waals surface area contributed by atoms with Gasteiger partial charge in [0, 0.05) is 40.3 Å². The van der Waals surface area contributed by atoms with Crippen molar-refractivity contribution in [2.24, 2.45) is 0 Å². The van der Waals surface area contributed by atoms with Crippen molar-refractivity contribution in [3.05, 3.63) is 88.0 Å². The van der Waals surface area contributed by atoms with Crippen LogP contribution in [0.3, 0.4) is 0 Å². The third kappa shape index (κ3) is 4.60. The van der Waals surface area contributed by atoms with Crippen LogP contribution in [0.2, 0.25) is 0 Å². The molecule has 1 aliphatic rings. The van der Waals surface area contributed by atoms with Crippen LogP contribution in [-0.2, 0) is 0 Å². The van der Waals surface area contributed by atoms with Gasteiger partial charge in [-0.05, 0) is 67.4 Å². The molecule has 0 radical (unpaired) electrons. The number of unbranched alkanes of at least 4 members (excludes halogenated alkanes) is 1. The lowest BCUT2D eigenvalue weighted by Gasteiger charge is -2.28. The van der Waals surface area contributed by atoms with Crippen LogP contribution in [0.4, 0.5) is 21.5 Å². The van der Waals surface area contributed by atoms with Crippen molar-refractivity contribution in [1.29, 1.82) is 0 Å². The average molecular weight is 448 g/mol. The van der Waals surface area contributed by atoms with E-state index in [1.54, 1.807) is 23.1 Å². The minimum Gasteiger partial charge on any atom is -0.385 e. The third-order valence-electron chi connectivity index (χ3n) is 5.35. The molecule has 3 aromatic rings. The maximum Gasteiger partial charge on any atom is 0.265 e. The predicted octanol–water partition coefficient (Wildman–Crippen LogP) is 7.12. The van der Waals surface area contributed by atoms with Gasteiger partial charge in [-0.2, -0.15) is 0 Å². The molecule has 0 spiro atoms. The Morgan fingerprint density at radius 1 is 1.12 bits per heavy atom. The van der Waals surface area contributed by atoms with Crippen LogP contribution >= 0.6 is 11.3 Å². The van der Waals surface area contributed by atoms with Gasteiger partial charge < -0.3 is 15.5 Å². The van der Waals surface area contributed by atoms with E-state index in [9.17, 15) is 4.79 Å². The van der Waals surface area contributed by atoms with Gasteiger partial charge in [0.05, 0.1) is 10.6 Å². The minimum absolute atomic E-state index is 0.241. The van der Waals surface area contributed by atoms with Crippen LogP contribution in [-0.4, -0.2) is 12.5 Å². The van der Waals surface area contributed by atoms with Gasteiger partial charge >= 0.3 is 0 Å². The Balaban J connectivity index is 1.50. The normalized spacial score (nSPS) is 12.6. The van der Waals surface area contributed by atoms with Crippen molar-refractivity contribution in [1.82, 2.24) is 0 Å². The zero-order chi connectivity index (χ0) is 22.7. The largest absolute Gasteiger partial charge is 0.385 e. The summed E-state index contributed by atoms with van der Waals surface area (Å²) in [5, 5.41) is 6.19. The smallest absolute Gasteiger partial charge is 0.265 e. The number of hydrogen-bond acceptors (Lipinski definition) is 4. The van der Waals surface area contributed by atoms with Gasteiger partial charge in [0.1, 0.15) is 5.82 Å². The molecule has 1 aromatic heterocycles. The third-order valence-corrected chi connectivity index (χ3v) is 6.34. The summed E-state index contributed by atoms with van der Waals surface area (Å²) in [4.78, 5) is 15.7. The first-order valence-corrected chi connectivity index (χ1v) is 11.5. The molecule has 0 fully saturated rings. The molecule has 32 heavy (non-hydrogen) atoms. The Morgan fingerprint density at radius 2 is 1.94 bits per heavy atom. The molecule has 0 saturated carbocycles. The number of halogens is 1. The number of nitrogens with zero attached hydrogens (tertiary/aromatic N) is 1. The SMILES string of the molecule is C=C1c2ccc(NCCCC)cc2C=CN1c1ccc(NC(=O)c2ccc(C)s2)cc1F. The van der Waals surface area contributed by atoms with Crippen LogP contribution in [0, 0.1) is 12.7 Å². The second kappa shape index (κ2) is 9.40. The number of anilines is 3. The predicted molar refractivity (Wildman–Crippen MR) is 134 cm³/mol. The van der Waals surface area contributed by atoms with E-state index in [-0.39, 0.29) is 5.91 Å². The number of rotatable bonds is 7. The van der Waals surface area contributed by atoms with E-state index in [0.717, 1.165) is 41.1 Å². The second-order valence-electron chi connectivity index (χ2n) is 7.75. The molecule has 164 valence electrons. The summed E-state index contributed by atoms with van der Waals surface area (Å²) in [6.45, 7) is 9.24. The molecule has 2 N–H and O–H groups in total. The first-order chi connectivity index (χ1) is 15.5. The standard InChI is InChI=1S/C26H26FN3OS/c1-4-5-13-28-20-7-9-22-18(3)30(14-12-19(22)15-20)24-10-8-21(16-23(24)27)29-26(31)25-11-6-17(2)32-25/h6-12,14-16,28H,3-5,13H2,1-2H3,(H,29,31). The van der Waals surface area contributed by atoms with Gasteiger partial charge in [0.2, 0.25) is 0 Å². The van der Waals surface area contributed by atoms with E-state index in [2.05, 4.69) is 30.2 Å². The van der Waals surface area contributed by atoms with Crippen LogP contribution in [0.15, 0.2) is 61.3 Å². The Hall–Kier alpha value is -3.38. The number of thiophene rings is 1. The summed E-state index contributed by atoms with van der Waals surface area (Å²) in [6.07, 6.45) is 6.05. The summed E-state index contributed by atoms with van der Waals surface area (Å²) in [5.74, 6) is -0.674. The summed E-state index contributed by atoms with van der Waals surface area (Å²) in [5.41, 5.74) is 4.56. The summed E-state index contributed by atoms with van der Waals surface area (Å²) in [6, 6.07) is 14.5. The van der Waals surface area contributed by atoms with E-state index < -0.39 is 5.82 Å². The molecule has 1 amide bonds. The highest BCUT2D eigenvalue weighted by molar-refractivity contribution is 7.14. The minimum atomic E-state index is -0.433. The monoisotopic (exact) mass is 447 g/mol. The molecular formula is C26H26FN3OS. The number of aryl methyl sites for hydroxylation is 1. The van der Waals surface area contributed by atoms with E-state index in [1.807, 2.05) is 37.4 Å². The molecule has 0 atom stereocenters. The quantitative estimate of drug-likeness (QED) is 0.379. The van der Waals surface area contributed by atoms with E-state index in [4.69, 9.17) is 0 Å². The van der Waals surface area contributed by atoms with Crippen LogP contribution < -0.4 is 15.5 Å². The van der Waals surface area contributed by atoms with Gasteiger partial charge in [0.15, 0.2) is 0 Å². The van der Waals surface area contributed by atoms with Crippen LogP contribution in [0.5, 0.6) is 0 Å². The van der Waals surface area contributed by atoms with Crippen molar-refractivity contribution in [2.45, 2.75) is 26.7 Å². The molecule has 1 aliphatic heterocycles. The first kappa shape index (κ1) is 21.8. The lowest BCUT2D eigenvalue weighted by Crippen LogP contribution is -2.19. The highest BCUT2D eigenvalue weighted by atomic mass is 32.1. The van der Waals surface area contributed by atoms with E-state index >= 15 is 4.39 Å². The number of amides is 1. The van der Waals surface area contributed by atoms with Crippen LogP contribution in [0.1, 0.15) is 45.4 Å². The first-order valence-electron chi connectivity index (χ1n) is 10.7.